The second kappa shape index (κ2) is 6.12. The number of rotatable bonds is 3. The Morgan fingerprint density at radius 3 is 2.33 bits per heavy atom. The standard InChI is InChI=1S/C13H15Cl2NO4S/c1-8-2-9(13(17)18)7-16(6-8)21(19,20)12-4-10(14)3-11(15)5-12/h3-5,8-9H,2,6-7H2,1H3,(H,17,18). The van der Waals surface area contributed by atoms with Crippen molar-refractivity contribution in [2.24, 2.45) is 11.8 Å². The second-order valence-electron chi connectivity index (χ2n) is 5.30. The number of benzene rings is 1. The van der Waals surface area contributed by atoms with Crippen molar-refractivity contribution in [3.8, 4) is 0 Å². The van der Waals surface area contributed by atoms with Gasteiger partial charge in [-0.2, -0.15) is 4.31 Å². The molecule has 2 rings (SSSR count). The molecule has 0 amide bonds. The average molecular weight is 352 g/mol. The number of carboxylic acid groups (broad SMARTS) is 1. The number of sulfonamides is 1. The molecule has 1 aliphatic rings. The van der Waals surface area contributed by atoms with Gasteiger partial charge in [0.2, 0.25) is 10.0 Å². The van der Waals surface area contributed by atoms with E-state index in [1.54, 1.807) is 0 Å². The molecule has 1 heterocycles. The summed E-state index contributed by atoms with van der Waals surface area (Å²) in [6.07, 6.45) is 0.470. The van der Waals surface area contributed by atoms with Gasteiger partial charge in [0.25, 0.3) is 0 Å². The first-order chi connectivity index (χ1) is 9.70. The van der Waals surface area contributed by atoms with Crippen LogP contribution in [0.2, 0.25) is 10.0 Å². The highest BCUT2D eigenvalue weighted by atomic mass is 35.5. The smallest absolute Gasteiger partial charge is 0.307 e. The van der Waals surface area contributed by atoms with Gasteiger partial charge >= 0.3 is 5.97 Å². The first-order valence-electron chi connectivity index (χ1n) is 6.39. The summed E-state index contributed by atoms with van der Waals surface area (Å²) in [6, 6.07) is 4.08. The van der Waals surface area contributed by atoms with Crippen LogP contribution in [0.25, 0.3) is 0 Å². The molecular weight excluding hydrogens is 337 g/mol. The molecule has 2 atom stereocenters. The number of hydrogen-bond donors (Lipinski definition) is 1. The predicted molar refractivity (Wildman–Crippen MR) is 80.1 cm³/mol. The molecule has 0 bridgehead atoms. The van der Waals surface area contributed by atoms with Gasteiger partial charge in [0.05, 0.1) is 10.8 Å². The first-order valence-corrected chi connectivity index (χ1v) is 8.59. The van der Waals surface area contributed by atoms with Crippen molar-refractivity contribution in [3.05, 3.63) is 28.2 Å². The maximum absolute atomic E-state index is 12.6. The maximum atomic E-state index is 12.6. The number of halogens is 2. The molecule has 1 N–H and O–H groups in total. The fraction of sp³-hybridized carbons (Fsp3) is 0.462. The van der Waals surface area contributed by atoms with Gasteiger partial charge in [0, 0.05) is 23.1 Å². The summed E-state index contributed by atoms with van der Waals surface area (Å²) in [6.45, 7) is 2.09. The molecule has 1 aromatic rings. The minimum atomic E-state index is -3.81. The topological polar surface area (TPSA) is 74.7 Å². The van der Waals surface area contributed by atoms with E-state index in [0.29, 0.717) is 6.42 Å². The Morgan fingerprint density at radius 2 is 1.81 bits per heavy atom. The minimum Gasteiger partial charge on any atom is -0.481 e. The molecule has 0 aliphatic carbocycles. The summed E-state index contributed by atoms with van der Waals surface area (Å²) in [5, 5.41) is 9.58. The van der Waals surface area contributed by atoms with Gasteiger partial charge in [0.15, 0.2) is 0 Å². The zero-order chi connectivity index (χ0) is 15.8. The third kappa shape index (κ3) is 3.69. The van der Waals surface area contributed by atoms with E-state index in [0.717, 1.165) is 0 Å². The average Bonchev–Trinajstić information content (AvgIpc) is 2.36. The molecule has 1 aliphatic heterocycles. The molecule has 1 aromatic carbocycles. The van der Waals surface area contributed by atoms with E-state index in [1.165, 1.54) is 22.5 Å². The molecule has 116 valence electrons. The van der Waals surface area contributed by atoms with E-state index in [-0.39, 0.29) is 33.9 Å². The normalized spacial score (nSPS) is 24.0. The molecule has 21 heavy (non-hydrogen) atoms. The van der Waals surface area contributed by atoms with Crippen LogP contribution in [0, 0.1) is 11.8 Å². The fourth-order valence-corrected chi connectivity index (χ4v) is 4.84. The van der Waals surface area contributed by atoms with Crippen molar-refractivity contribution >= 4 is 39.2 Å². The van der Waals surface area contributed by atoms with Crippen LogP contribution in [0.4, 0.5) is 0 Å². The van der Waals surface area contributed by atoms with Crippen LogP contribution in [0.3, 0.4) is 0 Å². The van der Waals surface area contributed by atoms with Gasteiger partial charge in [0.1, 0.15) is 0 Å². The number of carbonyl (C=O) groups is 1. The van der Waals surface area contributed by atoms with E-state index < -0.39 is 21.9 Å². The van der Waals surface area contributed by atoms with Crippen molar-refractivity contribution < 1.29 is 18.3 Å². The van der Waals surface area contributed by atoms with Gasteiger partial charge in [-0.3, -0.25) is 4.79 Å². The van der Waals surface area contributed by atoms with E-state index >= 15 is 0 Å². The highest BCUT2D eigenvalue weighted by molar-refractivity contribution is 7.89. The number of aliphatic carboxylic acids is 1. The molecular formula is C13H15Cl2NO4S. The van der Waals surface area contributed by atoms with Crippen molar-refractivity contribution in [3.63, 3.8) is 0 Å². The maximum Gasteiger partial charge on any atom is 0.307 e. The molecule has 5 nitrogen and oxygen atoms in total. The molecule has 2 unspecified atom stereocenters. The van der Waals surface area contributed by atoms with E-state index in [9.17, 15) is 13.2 Å². The van der Waals surface area contributed by atoms with Gasteiger partial charge < -0.3 is 5.11 Å². The summed E-state index contributed by atoms with van der Waals surface area (Å²) in [5.41, 5.74) is 0. The van der Waals surface area contributed by atoms with Crippen LogP contribution >= 0.6 is 23.2 Å². The van der Waals surface area contributed by atoms with E-state index in [4.69, 9.17) is 28.3 Å². The summed E-state index contributed by atoms with van der Waals surface area (Å²) in [4.78, 5) is 11.1. The highest BCUT2D eigenvalue weighted by Gasteiger charge is 2.36. The van der Waals surface area contributed by atoms with Crippen molar-refractivity contribution in [2.45, 2.75) is 18.2 Å². The van der Waals surface area contributed by atoms with Crippen LogP contribution in [0.15, 0.2) is 23.1 Å². The summed E-state index contributed by atoms with van der Waals surface area (Å²) >= 11 is 11.7. The van der Waals surface area contributed by atoms with Gasteiger partial charge in [-0.05, 0) is 30.5 Å². The lowest BCUT2D eigenvalue weighted by molar-refractivity contribution is -0.143. The largest absolute Gasteiger partial charge is 0.481 e. The Hall–Kier alpha value is -0.820. The van der Waals surface area contributed by atoms with Crippen molar-refractivity contribution in [1.29, 1.82) is 0 Å². The fourth-order valence-electron chi connectivity index (χ4n) is 2.50. The number of piperidine rings is 1. The van der Waals surface area contributed by atoms with Crippen LogP contribution in [0.1, 0.15) is 13.3 Å². The predicted octanol–water partition coefficient (Wildman–Crippen LogP) is 2.72. The number of carboxylic acids is 1. The minimum absolute atomic E-state index is 0.0155. The Morgan fingerprint density at radius 1 is 1.24 bits per heavy atom. The molecule has 0 saturated carbocycles. The zero-order valence-corrected chi connectivity index (χ0v) is 13.6. The summed E-state index contributed by atoms with van der Waals surface area (Å²) in [5.74, 6) is -1.70. The van der Waals surface area contributed by atoms with E-state index in [2.05, 4.69) is 0 Å². The molecule has 0 spiro atoms. The highest BCUT2D eigenvalue weighted by Crippen LogP contribution is 2.29. The molecule has 1 fully saturated rings. The number of nitrogens with zero attached hydrogens (tertiary/aromatic N) is 1. The molecule has 8 heteroatoms. The quantitative estimate of drug-likeness (QED) is 0.908. The molecule has 0 radical (unpaired) electrons. The Labute approximate surface area is 133 Å². The molecule has 0 aromatic heterocycles. The Balaban J connectivity index is 2.36. The van der Waals surface area contributed by atoms with Gasteiger partial charge in [-0.15, -0.1) is 0 Å². The van der Waals surface area contributed by atoms with Crippen molar-refractivity contribution in [2.75, 3.05) is 13.1 Å². The van der Waals surface area contributed by atoms with Gasteiger partial charge in [-0.1, -0.05) is 30.1 Å². The van der Waals surface area contributed by atoms with Crippen LogP contribution in [0.5, 0.6) is 0 Å². The van der Waals surface area contributed by atoms with Crippen LogP contribution in [-0.4, -0.2) is 36.9 Å². The third-order valence-electron chi connectivity index (χ3n) is 3.45. The SMILES string of the molecule is CC1CC(C(=O)O)CN(S(=O)(=O)c2cc(Cl)cc(Cl)c2)C1. The lowest BCUT2D eigenvalue weighted by atomic mass is 9.92. The monoisotopic (exact) mass is 351 g/mol. The summed E-state index contributed by atoms with van der Waals surface area (Å²) in [7, 11) is -3.81. The lowest BCUT2D eigenvalue weighted by Gasteiger charge is -2.33. The number of hydrogen-bond acceptors (Lipinski definition) is 3. The Kier molecular flexibility index (Phi) is 4.82. The third-order valence-corrected chi connectivity index (χ3v) is 5.70. The van der Waals surface area contributed by atoms with Gasteiger partial charge in [-0.25, -0.2) is 8.42 Å². The second-order valence-corrected chi connectivity index (χ2v) is 8.11. The summed E-state index contributed by atoms with van der Waals surface area (Å²) < 4.78 is 26.4. The van der Waals surface area contributed by atoms with E-state index in [1.807, 2.05) is 6.92 Å². The zero-order valence-electron chi connectivity index (χ0n) is 11.3. The van der Waals surface area contributed by atoms with Crippen molar-refractivity contribution in [1.82, 2.24) is 4.31 Å². The van der Waals surface area contributed by atoms with Crippen LogP contribution < -0.4 is 0 Å². The lowest BCUT2D eigenvalue weighted by Crippen LogP contribution is -2.45. The first kappa shape index (κ1) is 16.5. The molecule has 1 saturated heterocycles. The van der Waals surface area contributed by atoms with Crippen LogP contribution in [-0.2, 0) is 14.8 Å². The Bertz CT molecular complexity index is 642.